The van der Waals surface area contributed by atoms with Crippen LogP contribution >= 0.6 is 0 Å². The van der Waals surface area contributed by atoms with Crippen molar-refractivity contribution in [3.63, 3.8) is 0 Å². The van der Waals surface area contributed by atoms with Crippen molar-refractivity contribution in [2.75, 3.05) is 13.1 Å². The van der Waals surface area contributed by atoms with Gasteiger partial charge in [-0.15, -0.1) is 0 Å². The molecule has 0 spiro atoms. The molecule has 1 fully saturated rings. The summed E-state index contributed by atoms with van der Waals surface area (Å²) >= 11 is 0. The quantitative estimate of drug-likeness (QED) is 0.467. The number of carbonyl (C=O) groups excluding carboxylic acids is 3. The second-order valence-electron chi connectivity index (χ2n) is 8.04. The van der Waals surface area contributed by atoms with E-state index in [1.807, 2.05) is 30.3 Å². The van der Waals surface area contributed by atoms with Gasteiger partial charge in [0, 0.05) is 25.2 Å². The van der Waals surface area contributed by atoms with Crippen molar-refractivity contribution in [2.45, 2.75) is 44.2 Å². The van der Waals surface area contributed by atoms with E-state index in [0.717, 1.165) is 5.56 Å². The molecule has 1 amide bonds. The first-order chi connectivity index (χ1) is 15.7. The van der Waals surface area contributed by atoms with Crippen LogP contribution in [0.15, 0.2) is 59.5 Å². The van der Waals surface area contributed by atoms with E-state index in [1.54, 1.807) is 0 Å². The SMILES string of the molecule is CC(=O)c1ccc(S(=O)(=O)N2CCC(C(=O)OC(C)C(=O)NCc3ccccc3)CC2)cc1. The molecule has 0 saturated carbocycles. The maximum atomic E-state index is 12.9. The van der Waals surface area contributed by atoms with E-state index in [-0.39, 0.29) is 29.7 Å². The Labute approximate surface area is 194 Å². The molecule has 176 valence electrons. The number of Topliss-reactive ketones (excluding diaryl/α,β-unsaturated/α-hetero) is 1. The second kappa shape index (κ2) is 10.7. The van der Waals surface area contributed by atoms with Gasteiger partial charge in [-0.3, -0.25) is 14.4 Å². The number of carbonyl (C=O) groups is 3. The van der Waals surface area contributed by atoms with Crippen molar-refractivity contribution < 1.29 is 27.5 Å². The highest BCUT2D eigenvalue weighted by Crippen LogP contribution is 2.25. The van der Waals surface area contributed by atoms with Gasteiger partial charge in [0.2, 0.25) is 10.0 Å². The zero-order valence-electron chi connectivity index (χ0n) is 18.7. The number of hydrogen-bond donors (Lipinski definition) is 1. The molecule has 1 saturated heterocycles. The fourth-order valence-corrected chi connectivity index (χ4v) is 5.06. The van der Waals surface area contributed by atoms with Crippen LogP contribution in [0.5, 0.6) is 0 Å². The monoisotopic (exact) mass is 472 g/mol. The number of rotatable bonds is 8. The highest BCUT2D eigenvalue weighted by molar-refractivity contribution is 7.89. The Bertz CT molecular complexity index is 1090. The molecular formula is C24H28N2O6S. The van der Waals surface area contributed by atoms with E-state index >= 15 is 0 Å². The third-order valence-corrected chi connectivity index (χ3v) is 7.57. The summed E-state index contributed by atoms with van der Waals surface area (Å²) in [5, 5.41) is 2.74. The van der Waals surface area contributed by atoms with Gasteiger partial charge < -0.3 is 10.1 Å². The minimum absolute atomic E-state index is 0.109. The molecule has 1 heterocycles. The molecular weight excluding hydrogens is 444 g/mol. The highest BCUT2D eigenvalue weighted by Gasteiger charge is 2.34. The van der Waals surface area contributed by atoms with Crippen LogP contribution in [0.4, 0.5) is 0 Å². The summed E-state index contributed by atoms with van der Waals surface area (Å²) in [7, 11) is -3.72. The Morgan fingerprint density at radius 1 is 1.03 bits per heavy atom. The summed E-state index contributed by atoms with van der Waals surface area (Å²) in [6.07, 6.45) is -0.327. The van der Waals surface area contributed by atoms with Crippen molar-refractivity contribution >= 4 is 27.7 Å². The third kappa shape index (κ3) is 6.27. The molecule has 33 heavy (non-hydrogen) atoms. The number of nitrogens with one attached hydrogen (secondary N) is 1. The van der Waals surface area contributed by atoms with Crippen molar-refractivity contribution in [1.29, 1.82) is 0 Å². The van der Waals surface area contributed by atoms with E-state index in [9.17, 15) is 22.8 Å². The Balaban J connectivity index is 1.49. The van der Waals surface area contributed by atoms with Gasteiger partial charge in [-0.05, 0) is 44.4 Å². The van der Waals surface area contributed by atoms with E-state index < -0.39 is 28.0 Å². The number of ketones is 1. The predicted molar refractivity (Wildman–Crippen MR) is 122 cm³/mol. The molecule has 0 bridgehead atoms. The van der Waals surface area contributed by atoms with Crippen LogP contribution in [0.2, 0.25) is 0 Å². The lowest BCUT2D eigenvalue weighted by Crippen LogP contribution is -2.42. The van der Waals surface area contributed by atoms with Gasteiger partial charge in [0.05, 0.1) is 10.8 Å². The first kappa shape index (κ1) is 24.6. The molecule has 1 aliphatic heterocycles. The van der Waals surface area contributed by atoms with Gasteiger partial charge in [-0.1, -0.05) is 42.5 Å². The summed E-state index contributed by atoms with van der Waals surface area (Å²) in [4.78, 5) is 36.3. The molecule has 3 rings (SSSR count). The number of amides is 1. The molecule has 9 heteroatoms. The smallest absolute Gasteiger partial charge is 0.309 e. The largest absolute Gasteiger partial charge is 0.452 e. The van der Waals surface area contributed by atoms with E-state index in [4.69, 9.17) is 4.74 Å². The van der Waals surface area contributed by atoms with Crippen LogP contribution in [-0.2, 0) is 30.9 Å². The lowest BCUT2D eigenvalue weighted by Gasteiger charge is -2.30. The van der Waals surface area contributed by atoms with Gasteiger partial charge in [0.1, 0.15) is 0 Å². The van der Waals surface area contributed by atoms with Gasteiger partial charge in [0.15, 0.2) is 11.9 Å². The normalized spacial score (nSPS) is 16.1. The lowest BCUT2D eigenvalue weighted by molar-refractivity contribution is -0.159. The first-order valence-electron chi connectivity index (χ1n) is 10.8. The fourth-order valence-electron chi connectivity index (χ4n) is 3.60. The van der Waals surface area contributed by atoms with Crippen molar-refractivity contribution in [2.24, 2.45) is 5.92 Å². The molecule has 2 aromatic rings. The van der Waals surface area contributed by atoms with E-state index in [1.165, 1.54) is 42.4 Å². The Hall–Kier alpha value is -3.04. The Morgan fingerprint density at radius 2 is 1.64 bits per heavy atom. The number of sulfonamides is 1. The Morgan fingerprint density at radius 3 is 2.21 bits per heavy atom. The average molecular weight is 473 g/mol. The molecule has 1 aliphatic rings. The number of nitrogens with zero attached hydrogens (tertiary/aromatic N) is 1. The number of esters is 1. The summed E-state index contributed by atoms with van der Waals surface area (Å²) in [5.41, 5.74) is 1.38. The standard InChI is InChI=1S/C24H28N2O6S/c1-17(27)20-8-10-22(11-9-20)33(30,31)26-14-12-21(13-15-26)24(29)32-18(2)23(28)25-16-19-6-4-3-5-7-19/h3-11,18,21H,12-16H2,1-2H3,(H,25,28). The minimum atomic E-state index is -3.72. The van der Waals surface area contributed by atoms with Crippen LogP contribution in [0, 0.1) is 5.92 Å². The van der Waals surface area contributed by atoms with Gasteiger partial charge in [0.25, 0.3) is 5.91 Å². The van der Waals surface area contributed by atoms with Gasteiger partial charge in [-0.25, -0.2) is 8.42 Å². The number of ether oxygens (including phenoxy) is 1. The molecule has 1 N–H and O–H groups in total. The number of benzene rings is 2. The maximum absolute atomic E-state index is 12.9. The summed E-state index contributed by atoms with van der Waals surface area (Å²) in [5.74, 6) is -1.50. The molecule has 1 unspecified atom stereocenters. The Kier molecular flexibility index (Phi) is 7.99. The van der Waals surface area contributed by atoms with Crippen molar-refractivity contribution in [3.8, 4) is 0 Å². The lowest BCUT2D eigenvalue weighted by atomic mass is 9.98. The first-order valence-corrected chi connectivity index (χ1v) is 12.3. The van der Waals surface area contributed by atoms with E-state index in [2.05, 4.69) is 5.32 Å². The summed E-state index contributed by atoms with van der Waals surface area (Å²) < 4.78 is 32.4. The van der Waals surface area contributed by atoms with Gasteiger partial charge in [-0.2, -0.15) is 4.31 Å². The maximum Gasteiger partial charge on any atom is 0.309 e. The predicted octanol–water partition coefficient (Wildman–Crippen LogP) is 2.54. The van der Waals surface area contributed by atoms with Crippen molar-refractivity contribution in [3.05, 3.63) is 65.7 Å². The highest BCUT2D eigenvalue weighted by atomic mass is 32.2. The van der Waals surface area contributed by atoms with Crippen LogP contribution in [0.3, 0.4) is 0 Å². The van der Waals surface area contributed by atoms with Crippen LogP contribution < -0.4 is 5.32 Å². The molecule has 1 atom stereocenters. The molecule has 0 radical (unpaired) electrons. The minimum Gasteiger partial charge on any atom is -0.452 e. The van der Waals surface area contributed by atoms with Crippen LogP contribution in [0.25, 0.3) is 0 Å². The van der Waals surface area contributed by atoms with Crippen molar-refractivity contribution in [1.82, 2.24) is 9.62 Å². The third-order valence-electron chi connectivity index (χ3n) is 5.66. The summed E-state index contributed by atoms with van der Waals surface area (Å²) in [6.45, 7) is 3.62. The topological polar surface area (TPSA) is 110 Å². The van der Waals surface area contributed by atoms with Gasteiger partial charge >= 0.3 is 5.97 Å². The average Bonchev–Trinajstić information content (AvgIpc) is 2.83. The van der Waals surface area contributed by atoms with Crippen LogP contribution in [0.1, 0.15) is 42.6 Å². The zero-order chi connectivity index (χ0) is 24.0. The molecule has 0 aromatic heterocycles. The number of hydrogen-bond acceptors (Lipinski definition) is 6. The second-order valence-corrected chi connectivity index (χ2v) is 9.98. The molecule has 0 aliphatic carbocycles. The van der Waals surface area contributed by atoms with Crippen LogP contribution in [-0.4, -0.2) is 49.6 Å². The summed E-state index contributed by atoms with van der Waals surface area (Å²) in [6, 6.07) is 15.2. The molecule has 2 aromatic carbocycles. The molecule has 8 nitrogen and oxygen atoms in total. The number of piperidine rings is 1. The zero-order valence-corrected chi connectivity index (χ0v) is 19.5. The fraction of sp³-hybridized carbons (Fsp3) is 0.375. The van der Waals surface area contributed by atoms with E-state index in [0.29, 0.717) is 24.9 Å².